The smallest absolute Gasteiger partial charge is 0.225 e. The zero-order valence-corrected chi connectivity index (χ0v) is 15.3. The van der Waals surface area contributed by atoms with Crippen LogP contribution in [0.5, 0.6) is 0 Å². The first-order valence-electron chi connectivity index (χ1n) is 9.66. The van der Waals surface area contributed by atoms with Gasteiger partial charge in [-0.3, -0.25) is 4.79 Å². The van der Waals surface area contributed by atoms with Gasteiger partial charge in [0.05, 0.1) is 17.1 Å². The van der Waals surface area contributed by atoms with E-state index >= 15 is 0 Å². The maximum atomic E-state index is 12.4. The molecule has 0 saturated heterocycles. The second-order valence-corrected chi connectivity index (χ2v) is 7.63. The number of nitrogen functional groups attached to an aromatic ring is 1. The molecule has 1 aromatic carbocycles. The molecule has 1 heterocycles. The summed E-state index contributed by atoms with van der Waals surface area (Å²) in [4.78, 5) is 22.0. The van der Waals surface area contributed by atoms with E-state index in [2.05, 4.69) is 5.32 Å². The molecule has 2 aliphatic rings. The molecular formula is C21H26N4O. The SMILES string of the molecule is Cc1nc2c(nc1NC(=O)CC1CCCCC1)CCc1cc(N)ccc1-2. The summed E-state index contributed by atoms with van der Waals surface area (Å²) in [6.07, 6.45) is 8.47. The third-order valence-electron chi connectivity index (χ3n) is 5.61. The minimum atomic E-state index is 0.0678. The van der Waals surface area contributed by atoms with E-state index in [9.17, 15) is 4.79 Å². The van der Waals surface area contributed by atoms with Crippen LogP contribution < -0.4 is 11.1 Å². The van der Waals surface area contributed by atoms with E-state index in [1.54, 1.807) is 0 Å². The number of rotatable bonds is 3. The number of fused-ring (bicyclic) bond motifs is 3. The average Bonchev–Trinajstić information content (AvgIpc) is 2.63. The van der Waals surface area contributed by atoms with E-state index in [0.29, 0.717) is 18.2 Å². The van der Waals surface area contributed by atoms with Crippen molar-refractivity contribution in [2.24, 2.45) is 5.92 Å². The third kappa shape index (κ3) is 3.43. The number of nitrogens with zero attached hydrogens (tertiary/aromatic N) is 2. The summed E-state index contributed by atoms with van der Waals surface area (Å²) in [5, 5.41) is 3.01. The summed E-state index contributed by atoms with van der Waals surface area (Å²) in [7, 11) is 0. The molecule has 0 aliphatic heterocycles. The maximum absolute atomic E-state index is 12.4. The Labute approximate surface area is 154 Å². The second-order valence-electron chi connectivity index (χ2n) is 7.63. The molecule has 3 N–H and O–H groups in total. The number of carbonyl (C=O) groups excluding carboxylic acids is 1. The number of amides is 1. The first-order chi connectivity index (χ1) is 12.6. The molecule has 5 heteroatoms. The van der Waals surface area contributed by atoms with Gasteiger partial charge in [-0.25, -0.2) is 9.97 Å². The molecule has 4 rings (SSSR count). The summed E-state index contributed by atoms with van der Waals surface area (Å²) >= 11 is 0. The van der Waals surface area contributed by atoms with Crippen molar-refractivity contribution in [3.8, 4) is 11.3 Å². The topological polar surface area (TPSA) is 80.9 Å². The highest BCUT2D eigenvalue weighted by Crippen LogP contribution is 2.34. The van der Waals surface area contributed by atoms with Gasteiger partial charge in [-0.2, -0.15) is 0 Å². The predicted molar refractivity (Wildman–Crippen MR) is 104 cm³/mol. The van der Waals surface area contributed by atoms with Gasteiger partial charge in [-0.05, 0) is 56.2 Å². The number of hydrogen-bond acceptors (Lipinski definition) is 4. The van der Waals surface area contributed by atoms with E-state index in [1.165, 1.54) is 37.7 Å². The molecule has 26 heavy (non-hydrogen) atoms. The van der Waals surface area contributed by atoms with Crippen molar-refractivity contribution < 1.29 is 4.79 Å². The van der Waals surface area contributed by atoms with Gasteiger partial charge in [0, 0.05) is 17.7 Å². The van der Waals surface area contributed by atoms with Crippen LogP contribution in [0.15, 0.2) is 18.2 Å². The van der Waals surface area contributed by atoms with Crippen LogP contribution in [0, 0.1) is 12.8 Å². The first kappa shape index (κ1) is 17.0. The molecule has 1 amide bonds. The van der Waals surface area contributed by atoms with Crippen LogP contribution in [0.3, 0.4) is 0 Å². The lowest BCUT2D eigenvalue weighted by molar-refractivity contribution is -0.117. The standard InChI is InChI=1S/C21H26N4O/c1-13-21(25-19(26)11-14-5-3-2-4-6-14)24-18-10-7-15-12-16(22)8-9-17(15)20(18)23-13/h8-9,12,14H,2-7,10-11,22H2,1H3,(H,24,25,26). The normalized spacial score (nSPS) is 16.7. The van der Waals surface area contributed by atoms with Crippen LogP contribution >= 0.6 is 0 Å². The Kier molecular flexibility index (Phi) is 4.62. The van der Waals surface area contributed by atoms with Gasteiger partial charge in [0.25, 0.3) is 0 Å². The summed E-state index contributed by atoms with van der Waals surface area (Å²) < 4.78 is 0. The number of carbonyl (C=O) groups is 1. The Balaban J connectivity index is 1.54. The number of nitrogens with two attached hydrogens (primary N) is 1. The number of benzene rings is 1. The van der Waals surface area contributed by atoms with Gasteiger partial charge in [-0.15, -0.1) is 0 Å². The van der Waals surface area contributed by atoms with Crippen molar-refractivity contribution in [1.29, 1.82) is 0 Å². The van der Waals surface area contributed by atoms with Crippen molar-refractivity contribution >= 4 is 17.4 Å². The Morgan fingerprint density at radius 1 is 1.19 bits per heavy atom. The summed E-state index contributed by atoms with van der Waals surface area (Å²) in [5.74, 6) is 1.20. The molecule has 1 fully saturated rings. The lowest BCUT2D eigenvalue weighted by Gasteiger charge is -2.22. The molecular weight excluding hydrogens is 324 g/mol. The van der Waals surface area contributed by atoms with Gasteiger partial charge in [0.2, 0.25) is 5.91 Å². The quantitative estimate of drug-likeness (QED) is 0.819. The Hall–Kier alpha value is -2.43. The van der Waals surface area contributed by atoms with Gasteiger partial charge < -0.3 is 11.1 Å². The van der Waals surface area contributed by atoms with E-state index in [4.69, 9.17) is 15.7 Å². The van der Waals surface area contributed by atoms with Crippen molar-refractivity contribution in [2.45, 2.75) is 58.3 Å². The molecule has 1 aromatic heterocycles. The van der Waals surface area contributed by atoms with Crippen molar-refractivity contribution in [1.82, 2.24) is 9.97 Å². The fourth-order valence-electron chi connectivity index (χ4n) is 4.20. The highest BCUT2D eigenvalue weighted by atomic mass is 16.1. The summed E-state index contributed by atoms with van der Waals surface area (Å²) in [6.45, 7) is 1.91. The Bertz CT molecular complexity index is 840. The van der Waals surface area contributed by atoms with Gasteiger partial charge in [-0.1, -0.05) is 25.3 Å². The van der Waals surface area contributed by atoms with Crippen molar-refractivity contribution in [3.63, 3.8) is 0 Å². The summed E-state index contributed by atoms with van der Waals surface area (Å²) in [6, 6.07) is 5.96. The highest BCUT2D eigenvalue weighted by molar-refractivity contribution is 5.90. The number of anilines is 2. The lowest BCUT2D eigenvalue weighted by atomic mass is 9.87. The van der Waals surface area contributed by atoms with E-state index in [-0.39, 0.29) is 5.91 Å². The Morgan fingerprint density at radius 3 is 2.81 bits per heavy atom. The zero-order chi connectivity index (χ0) is 18.1. The molecule has 0 atom stereocenters. The van der Waals surface area contributed by atoms with Crippen LogP contribution in [0.4, 0.5) is 11.5 Å². The first-order valence-corrected chi connectivity index (χ1v) is 9.66. The highest BCUT2D eigenvalue weighted by Gasteiger charge is 2.22. The Morgan fingerprint density at radius 2 is 2.00 bits per heavy atom. The van der Waals surface area contributed by atoms with Crippen LogP contribution in [-0.2, 0) is 17.6 Å². The van der Waals surface area contributed by atoms with Crippen molar-refractivity contribution in [3.05, 3.63) is 35.2 Å². The van der Waals surface area contributed by atoms with Crippen LogP contribution in [0.25, 0.3) is 11.3 Å². The van der Waals surface area contributed by atoms with Crippen molar-refractivity contribution in [2.75, 3.05) is 11.1 Å². The molecule has 1 saturated carbocycles. The molecule has 0 unspecified atom stereocenters. The number of nitrogens with one attached hydrogen (secondary N) is 1. The molecule has 0 spiro atoms. The van der Waals surface area contributed by atoms with Gasteiger partial charge >= 0.3 is 0 Å². The number of aromatic nitrogens is 2. The van der Waals surface area contributed by atoms with E-state index in [0.717, 1.165) is 41.2 Å². The molecule has 5 nitrogen and oxygen atoms in total. The minimum Gasteiger partial charge on any atom is -0.399 e. The predicted octanol–water partition coefficient (Wildman–Crippen LogP) is 4.04. The molecule has 136 valence electrons. The third-order valence-corrected chi connectivity index (χ3v) is 5.61. The molecule has 0 radical (unpaired) electrons. The fourth-order valence-corrected chi connectivity index (χ4v) is 4.20. The van der Waals surface area contributed by atoms with Gasteiger partial charge in [0.1, 0.15) is 0 Å². The van der Waals surface area contributed by atoms with E-state index < -0.39 is 0 Å². The molecule has 0 bridgehead atoms. The average molecular weight is 350 g/mol. The fraction of sp³-hybridized carbons (Fsp3) is 0.476. The lowest BCUT2D eigenvalue weighted by Crippen LogP contribution is -2.21. The second kappa shape index (κ2) is 7.06. The number of hydrogen-bond donors (Lipinski definition) is 2. The van der Waals surface area contributed by atoms with Crippen LogP contribution in [-0.4, -0.2) is 15.9 Å². The monoisotopic (exact) mass is 350 g/mol. The van der Waals surface area contributed by atoms with Crippen LogP contribution in [0.2, 0.25) is 0 Å². The maximum Gasteiger partial charge on any atom is 0.225 e. The van der Waals surface area contributed by atoms with Crippen LogP contribution in [0.1, 0.15) is 55.5 Å². The summed E-state index contributed by atoms with van der Waals surface area (Å²) in [5.41, 5.74) is 11.7. The molecule has 2 aromatic rings. The zero-order valence-electron chi connectivity index (χ0n) is 15.3. The van der Waals surface area contributed by atoms with Gasteiger partial charge in [0.15, 0.2) is 5.82 Å². The molecule has 2 aliphatic carbocycles. The van der Waals surface area contributed by atoms with E-state index in [1.807, 2.05) is 25.1 Å². The minimum absolute atomic E-state index is 0.0678. The number of aryl methyl sites for hydroxylation is 3. The largest absolute Gasteiger partial charge is 0.399 e.